The van der Waals surface area contributed by atoms with E-state index < -0.39 is 0 Å². The van der Waals surface area contributed by atoms with Crippen LogP contribution in [0.1, 0.15) is 55.7 Å². The fourth-order valence-electron chi connectivity index (χ4n) is 4.62. The van der Waals surface area contributed by atoms with E-state index in [0.717, 1.165) is 67.7 Å². The summed E-state index contributed by atoms with van der Waals surface area (Å²) in [6, 6.07) is 9.04. The first-order valence-corrected chi connectivity index (χ1v) is 11.2. The number of rotatable bonds is 4. The standard InChI is InChI=1S/C23H25ClFN5O/c1-2-29-13-16-11-17(24)5-9-20(16)30-21(14-29)27-28-23(30)15-3-7-19(8-4-15)31-22-10-6-18(25)12-26-22/h5-6,9-12,15,19H,2-4,7-8,13-14H2,1H3. The van der Waals surface area contributed by atoms with E-state index >= 15 is 0 Å². The summed E-state index contributed by atoms with van der Waals surface area (Å²) in [5.74, 6) is 2.44. The van der Waals surface area contributed by atoms with E-state index in [1.165, 1.54) is 17.8 Å². The topological polar surface area (TPSA) is 56.1 Å². The number of hydrogen-bond donors (Lipinski definition) is 0. The predicted octanol–water partition coefficient (Wildman–Crippen LogP) is 4.90. The second-order valence-corrected chi connectivity index (χ2v) is 8.73. The van der Waals surface area contributed by atoms with Crippen molar-refractivity contribution in [2.75, 3.05) is 6.54 Å². The van der Waals surface area contributed by atoms with Gasteiger partial charge < -0.3 is 4.74 Å². The van der Waals surface area contributed by atoms with Gasteiger partial charge in [0.05, 0.1) is 18.4 Å². The van der Waals surface area contributed by atoms with Gasteiger partial charge in [0.2, 0.25) is 5.88 Å². The van der Waals surface area contributed by atoms with E-state index in [2.05, 4.69) is 43.7 Å². The summed E-state index contributed by atoms with van der Waals surface area (Å²) in [6.45, 7) is 4.72. The number of aromatic nitrogens is 4. The van der Waals surface area contributed by atoms with Gasteiger partial charge in [0.15, 0.2) is 5.82 Å². The van der Waals surface area contributed by atoms with Crippen LogP contribution in [0.4, 0.5) is 4.39 Å². The molecular formula is C23H25ClFN5O. The summed E-state index contributed by atoms with van der Waals surface area (Å²) in [5.41, 5.74) is 2.33. The van der Waals surface area contributed by atoms with E-state index in [1.54, 1.807) is 6.07 Å². The Morgan fingerprint density at radius 1 is 1.10 bits per heavy atom. The highest BCUT2D eigenvalue weighted by Crippen LogP contribution is 2.36. The van der Waals surface area contributed by atoms with Crippen molar-refractivity contribution in [3.63, 3.8) is 0 Å². The molecule has 0 radical (unpaired) electrons. The first-order chi connectivity index (χ1) is 15.1. The third kappa shape index (κ3) is 4.16. The van der Waals surface area contributed by atoms with Gasteiger partial charge >= 0.3 is 0 Å². The maximum atomic E-state index is 13.1. The minimum Gasteiger partial charge on any atom is -0.474 e. The van der Waals surface area contributed by atoms with Gasteiger partial charge in [-0.15, -0.1) is 10.2 Å². The molecule has 8 heteroatoms. The normalized spacial score (nSPS) is 21.3. The van der Waals surface area contributed by atoms with Crippen molar-refractivity contribution >= 4 is 11.6 Å². The average Bonchev–Trinajstić information content (AvgIpc) is 3.11. The first-order valence-electron chi connectivity index (χ1n) is 10.8. The molecule has 0 unspecified atom stereocenters. The minimum atomic E-state index is -0.355. The van der Waals surface area contributed by atoms with Crippen molar-refractivity contribution < 1.29 is 9.13 Å². The molecule has 0 N–H and O–H groups in total. The molecule has 6 nitrogen and oxygen atoms in total. The van der Waals surface area contributed by atoms with Crippen LogP contribution in [0, 0.1) is 5.82 Å². The molecule has 31 heavy (non-hydrogen) atoms. The number of hydrogen-bond acceptors (Lipinski definition) is 5. The molecule has 0 spiro atoms. The van der Waals surface area contributed by atoms with Gasteiger partial charge in [-0.05, 0) is 62.1 Å². The molecule has 0 bridgehead atoms. The molecule has 1 aliphatic carbocycles. The number of benzene rings is 1. The zero-order chi connectivity index (χ0) is 21.4. The molecule has 1 aliphatic heterocycles. The fourth-order valence-corrected chi connectivity index (χ4v) is 4.82. The molecule has 2 aromatic heterocycles. The van der Waals surface area contributed by atoms with Crippen LogP contribution in [0.3, 0.4) is 0 Å². The largest absolute Gasteiger partial charge is 0.474 e. The number of fused-ring (bicyclic) bond motifs is 3. The molecule has 3 heterocycles. The highest BCUT2D eigenvalue weighted by atomic mass is 35.5. The molecule has 1 fully saturated rings. The molecule has 0 saturated heterocycles. The van der Waals surface area contributed by atoms with Crippen LogP contribution in [0.15, 0.2) is 36.5 Å². The van der Waals surface area contributed by atoms with E-state index in [-0.39, 0.29) is 11.9 Å². The highest BCUT2D eigenvalue weighted by Gasteiger charge is 2.31. The van der Waals surface area contributed by atoms with E-state index in [9.17, 15) is 4.39 Å². The van der Waals surface area contributed by atoms with Crippen LogP contribution < -0.4 is 4.74 Å². The maximum Gasteiger partial charge on any atom is 0.213 e. The Balaban J connectivity index is 1.37. The number of halogens is 2. The van der Waals surface area contributed by atoms with Crippen LogP contribution in [0.5, 0.6) is 5.88 Å². The quantitative estimate of drug-likeness (QED) is 0.576. The lowest BCUT2D eigenvalue weighted by molar-refractivity contribution is 0.138. The molecule has 0 atom stereocenters. The fraction of sp³-hybridized carbons (Fsp3) is 0.435. The number of ether oxygens (including phenoxy) is 1. The van der Waals surface area contributed by atoms with Gasteiger partial charge in [-0.25, -0.2) is 9.37 Å². The Kier molecular flexibility index (Phi) is 5.63. The second-order valence-electron chi connectivity index (χ2n) is 8.29. The molecule has 1 saturated carbocycles. The molecule has 3 aromatic rings. The van der Waals surface area contributed by atoms with Crippen LogP contribution in [-0.4, -0.2) is 37.3 Å². The molecule has 0 amide bonds. The Morgan fingerprint density at radius 2 is 1.94 bits per heavy atom. The summed E-state index contributed by atoms with van der Waals surface area (Å²) < 4.78 is 21.3. The zero-order valence-electron chi connectivity index (χ0n) is 17.5. The third-order valence-corrected chi connectivity index (χ3v) is 6.51. The van der Waals surface area contributed by atoms with E-state index in [0.29, 0.717) is 11.8 Å². The monoisotopic (exact) mass is 441 g/mol. The van der Waals surface area contributed by atoms with Crippen LogP contribution >= 0.6 is 11.6 Å². The Hall–Kier alpha value is -2.51. The van der Waals surface area contributed by atoms with Gasteiger partial charge in [-0.3, -0.25) is 9.47 Å². The van der Waals surface area contributed by atoms with Crippen molar-refractivity contribution in [3.8, 4) is 11.6 Å². The maximum absolute atomic E-state index is 13.1. The Bertz CT molecular complexity index is 1060. The van der Waals surface area contributed by atoms with Gasteiger partial charge in [0.1, 0.15) is 17.7 Å². The highest BCUT2D eigenvalue weighted by molar-refractivity contribution is 6.30. The summed E-state index contributed by atoms with van der Waals surface area (Å²) in [6.07, 6.45) is 5.01. The Morgan fingerprint density at radius 3 is 2.68 bits per heavy atom. The van der Waals surface area contributed by atoms with E-state index in [4.69, 9.17) is 16.3 Å². The van der Waals surface area contributed by atoms with Crippen LogP contribution in [-0.2, 0) is 13.1 Å². The van der Waals surface area contributed by atoms with Crippen molar-refractivity contribution in [3.05, 3.63) is 64.6 Å². The average molecular weight is 442 g/mol. The zero-order valence-corrected chi connectivity index (χ0v) is 18.2. The predicted molar refractivity (Wildman–Crippen MR) is 116 cm³/mol. The second kappa shape index (κ2) is 8.55. The van der Waals surface area contributed by atoms with E-state index in [1.807, 2.05) is 6.07 Å². The van der Waals surface area contributed by atoms with Crippen LogP contribution in [0.2, 0.25) is 5.02 Å². The molecule has 1 aromatic carbocycles. The molecule has 162 valence electrons. The van der Waals surface area contributed by atoms with Gasteiger partial charge in [-0.2, -0.15) is 0 Å². The smallest absolute Gasteiger partial charge is 0.213 e. The Labute approximate surface area is 186 Å². The van der Waals surface area contributed by atoms with Crippen molar-refractivity contribution in [1.82, 2.24) is 24.6 Å². The summed E-state index contributed by atoms with van der Waals surface area (Å²) in [7, 11) is 0. The SMILES string of the molecule is CCN1Cc2cc(Cl)ccc2-n2c(nnc2C2CCC(Oc3ccc(F)cn3)CC2)C1. The van der Waals surface area contributed by atoms with Gasteiger partial charge in [-0.1, -0.05) is 18.5 Å². The molecule has 5 rings (SSSR count). The third-order valence-electron chi connectivity index (χ3n) is 6.27. The molecular weight excluding hydrogens is 417 g/mol. The van der Waals surface area contributed by atoms with Crippen molar-refractivity contribution in [1.29, 1.82) is 0 Å². The summed E-state index contributed by atoms with van der Waals surface area (Å²) >= 11 is 6.30. The number of pyridine rings is 1. The summed E-state index contributed by atoms with van der Waals surface area (Å²) in [4.78, 5) is 6.37. The van der Waals surface area contributed by atoms with Gasteiger partial charge in [0.25, 0.3) is 0 Å². The summed E-state index contributed by atoms with van der Waals surface area (Å²) in [5, 5.41) is 9.95. The van der Waals surface area contributed by atoms with Crippen LogP contribution in [0.25, 0.3) is 5.69 Å². The van der Waals surface area contributed by atoms with Gasteiger partial charge in [0, 0.05) is 23.6 Å². The lowest BCUT2D eigenvalue weighted by Crippen LogP contribution is -2.25. The van der Waals surface area contributed by atoms with Crippen molar-refractivity contribution in [2.24, 2.45) is 0 Å². The number of nitrogens with zero attached hydrogens (tertiary/aromatic N) is 5. The lowest BCUT2D eigenvalue weighted by atomic mass is 9.86. The minimum absolute atomic E-state index is 0.0856. The first kappa shape index (κ1) is 20.4. The van der Waals surface area contributed by atoms with Crippen molar-refractivity contribution in [2.45, 2.75) is 57.7 Å². The lowest BCUT2D eigenvalue weighted by Gasteiger charge is -2.28. The molecule has 2 aliphatic rings.